The number of rotatable bonds is 35. The van der Waals surface area contributed by atoms with Gasteiger partial charge in [-0.3, -0.25) is 0 Å². The van der Waals surface area contributed by atoms with Crippen molar-refractivity contribution in [3.63, 3.8) is 0 Å². The second-order valence-corrected chi connectivity index (χ2v) is 13.8. The molecule has 0 fully saturated rings. The molecule has 274 valence electrons. The number of hydrogen-bond acceptors (Lipinski definition) is 5. The predicted octanol–water partition coefficient (Wildman–Crippen LogP) is 13.7. The fourth-order valence-corrected chi connectivity index (χ4v) is 6.14. The van der Waals surface area contributed by atoms with Gasteiger partial charge >= 0.3 is 5.97 Å². The first kappa shape index (κ1) is 43.1. The zero-order valence-corrected chi connectivity index (χ0v) is 31.4. The number of carbonyl (C=O) groups excluding carboxylic acids is 1. The maximum absolute atomic E-state index is 12.7. The first-order valence-corrected chi connectivity index (χ1v) is 20.4. The lowest BCUT2D eigenvalue weighted by atomic mass is 10.0. The Morgan fingerprint density at radius 1 is 0.447 bits per heavy atom. The first-order valence-electron chi connectivity index (χ1n) is 20.4. The molecule has 1 rings (SSSR count). The Hall–Kier alpha value is -1.91. The summed E-state index contributed by atoms with van der Waals surface area (Å²) in [5.41, 5.74) is 0.148. The molecule has 0 unspecified atom stereocenters. The smallest absolute Gasteiger partial charge is 0.342 e. The summed E-state index contributed by atoms with van der Waals surface area (Å²) in [5.74, 6) is 0.418. The topological polar surface area (TPSA) is 65.0 Å². The van der Waals surface area contributed by atoms with Gasteiger partial charge < -0.3 is 19.3 Å². The summed E-state index contributed by atoms with van der Waals surface area (Å²) >= 11 is 0. The molecule has 1 aromatic carbocycles. The van der Waals surface area contributed by atoms with E-state index in [1.807, 2.05) is 0 Å². The highest BCUT2D eigenvalue weighted by atomic mass is 16.5. The van der Waals surface area contributed by atoms with Gasteiger partial charge in [-0.25, -0.2) is 4.79 Å². The van der Waals surface area contributed by atoms with E-state index in [1.54, 1.807) is 6.07 Å². The van der Waals surface area contributed by atoms with Crippen molar-refractivity contribution >= 4 is 5.97 Å². The van der Waals surface area contributed by atoms with Gasteiger partial charge in [-0.1, -0.05) is 188 Å². The van der Waals surface area contributed by atoms with Crippen molar-refractivity contribution in [2.24, 2.45) is 0 Å². The number of ether oxygens (including phenoxy) is 3. The third-order valence-electron chi connectivity index (χ3n) is 9.27. The molecule has 0 aliphatic heterocycles. The van der Waals surface area contributed by atoms with Gasteiger partial charge in [0.25, 0.3) is 0 Å². The fraction of sp³-hybridized carbons (Fsp3) is 0.833. The van der Waals surface area contributed by atoms with E-state index in [9.17, 15) is 9.90 Å². The molecule has 5 nitrogen and oxygen atoms in total. The lowest BCUT2D eigenvalue weighted by Crippen LogP contribution is -2.09. The summed E-state index contributed by atoms with van der Waals surface area (Å²) in [6.07, 6.45) is 36.9. The summed E-state index contributed by atoms with van der Waals surface area (Å²) < 4.78 is 17.7. The van der Waals surface area contributed by atoms with E-state index in [4.69, 9.17) is 14.2 Å². The summed E-state index contributed by atoms with van der Waals surface area (Å²) in [6.45, 7) is 8.18. The number of esters is 1. The third kappa shape index (κ3) is 24.8. The monoisotopic (exact) mass is 661 g/mol. The van der Waals surface area contributed by atoms with E-state index < -0.39 is 5.97 Å². The van der Waals surface area contributed by atoms with Crippen molar-refractivity contribution in [3.8, 4) is 17.2 Å². The minimum Gasteiger partial charge on any atom is -0.507 e. The van der Waals surface area contributed by atoms with Crippen LogP contribution in [0.5, 0.6) is 17.2 Å². The maximum Gasteiger partial charge on any atom is 0.342 e. The van der Waals surface area contributed by atoms with Gasteiger partial charge in [0.1, 0.15) is 11.3 Å². The van der Waals surface area contributed by atoms with Gasteiger partial charge in [0.2, 0.25) is 0 Å². The van der Waals surface area contributed by atoms with E-state index in [-0.39, 0.29) is 11.3 Å². The molecule has 0 aliphatic carbocycles. The lowest BCUT2D eigenvalue weighted by Gasteiger charge is -2.15. The molecular formula is C42H76O5. The van der Waals surface area contributed by atoms with Gasteiger partial charge in [-0.05, 0) is 19.3 Å². The van der Waals surface area contributed by atoms with Gasteiger partial charge in [0.15, 0.2) is 11.5 Å². The molecule has 1 aromatic rings. The SMILES string of the molecule is CCCCCCCCCCCCCCCCOc1cc(C(=O)OCCCCC)c(O)cc1OCCCCCCCCCCCCCC. The van der Waals surface area contributed by atoms with Crippen molar-refractivity contribution in [2.45, 2.75) is 207 Å². The van der Waals surface area contributed by atoms with E-state index in [1.165, 1.54) is 147 Å². The highest BCUT2D eigenvalue weighted by Gasteiger charge is 2.19. The van der Waals surface area contributed by atoms with Crippen LogP contribution in [-0.4, -0.2) is 30.9 Å². The second kappa shape index (κ2) is 32.6. The highest BCUT2D eigenvalue weighted by molar-refractivity contribution is 5.93. The van der Waals surface area contributed by atoms with Crippen LogP contribution in [0.1, 0.15) is 217 Å². The zero-order valence-electron chi connectivity index (χ0n) is 31.4. The lowest BCUT2D eigenvalue weighted by molar-refractivity contribution is 0.0494. The van der Waals surface area contributed by atoms with Crippen molar-refractivity contribution in [1.82, 2.24) is 0 Å². The molecule has 0 radical (unpaired) electrons. The Morgan fingerprint density at radius 2 is 0.745 bits per heavy atom. The number of carbonyl (C=O) groups is 1. The maximum atomic E-state index is 12.7. The Kier molecular flexibility index (Phi) is 29.9. The van der Waals surface area contributed by atoms with Crippen molar-refractivity contribution in [2.75, 3.05) is 19.8 Å². The normalized spacial score (nSPS) is 11.2. The van der Waals surface area contributed by atoms with Gasteiger partial charge in [0.05, 0.1) is 19.8 Å². The van der Waals surface area contributed by atoms with Crippen molar-refractivity contribution in [1.29, 1.82) is 0 Å². The summed E-state index contributed by atoms with van der Waals surface area (Å²) in [7, 11) is 0. The highest BCUT2D eigenvalue weighted by Crippen LogP contribution is 2.35. The second-order valence-electron chi connectivity index (χ2n) is 13.8. The van der Waals surface area contributed by atoms with Gasteiger partial charge in [0, 0.05) is 12.1 Å². The molecule has 0 bridgehead atoms. The van der Waals surface area contributed by atoms with Crippen LogP contribution in [0.4, 0.5) is 0 Å². The summed E-state index contributed by atoms with van der Waals surface area (Å²) in [4.78, 5) is 12.7. The number of phenolic OH excluding ortho intramolecular Hbond substituents is 1. The van der Waals surface area contributed by atoms with Crippen LogP contribution in [0.25, 0.3) is 0 Å². The van der Waals surface area contributed by atoms with Gasteiger partial charge in [-0.2, -0.15) is 0 Å². The molecule has 1 N–H and O–H groups in total. The number of aromatic hydroxyl groups is 1. The molecule has 0 amide bonds. The van der Waals surface area contributed by atoms with E-state index in [0.717, 1.165) is 44.9 Å². The molecule has 0 aliphatic rings. The van der Waals surface area contributed by atoms with Crippen LogP contribution in [-0.2, 0) is 4.74 Å². The fourth-order valence-electron chi connectivity index (χ4n) is 6.14. The summed E-state index contributed by atoms with van der Waals surface area (Å²) in [6, 6.07) is 3.14. The number of hydrogen-bond donors (Lipinski definition) is 1. The van der Waals surface area contributed by atoms with Crippen LogP contribution in [0.3, 0.4) is 0 Å². The van der Waals surface area contributed by atoms with Crippen LogP contribution in [0.2, 0.25) is 0 Å². The molecule has 47 heavy (non-hydrogen) atoms. The van der Waals surface area contributed by atoms with Crippen LogP contribution < -0.4 is 9.47 Å². The average Bonchev–Trinajstić information content (AvgIpc) is 3.07. The predicted molar refractivity (Wildman–Crippen MR) is 200 cm³/mol. The Balaban J connectivity index is 2.38. The minimum atomic E-state index is -0.507. The minimum absolute atomic E-state index is 0.112. The zero-order chi connectivity index (χ0) is 34.0. The van der Waals surface area contributed by atoms with Crippen LogP contribution >= 0.6 is 0 Å². The van der Waals surface area contributed by atoms with Crippen molar-refractivity contribution < 1.29 is 24.1 Å². The number of phenols is 1. The van der Waals surface area contributed by atoms with E-state index in [0.29, 0.717) is 31.3 Å². The van der Waals surface area contributed by atoms with Gasteiger partial charge in [-0.15, -0.1) is 0 Å². The molecule has 0 atom stereocenters. The molecule has 5 heteroatoms. The molecule has 0 aromatic heterocycles. The average molecular weight is 661 g/mol. The third-order valence-corrected chi connectivity index (χ3v) is 9.27. The van der Waals surface area contributed by atoms with E-state index in [2.05, 4.69) is 20.8 Å². The molecule has 0 saturated heterocycles. The Morgan fingerprint density at radius 3 is 1.13 bits per heavy atom. The molecule has 0 saturated carbocycles. The Bertz CT molecular complexity index is 839. The molecular weight excluding hydrogens is 584 g/mol. The number of benzene rings is 1. The van der Waals surface area contributed by atoms with E-state index >= 15 is 0 Å². The largest absolute Gasteiger partial charge is 0.507 e. The molecule has 0 heterocycles. The standard InChI is InChI=1S/C42H76O5/c1-4-7-10-12-14-16-18-20-21-23-25-26-28-31-33-45-40-36-38(42(44)47-35-30-9-6-3)39(43)37-41(40)46-34-32-29-27-24-22-19-17-15-13-11-8-5-2/h36-37,43H,4-35H2,1-3H3. The number of unbranched alkanes of at least 4 members (excludes halogenated alkanes) is 26. The van der Waals surface area contributed by atoms with Crippen molar-refractivity contribution in [3.05, 3.63) is 17.7 Å². The Labute approximate surface area is 291 Å². The van der Waals surface area contributed by atoms with Crippen LogP contribution in [0, 0.1) is 0 Å². The van der Waals surface area contributed by atoms with Crippen LogP contribution in [0.15, 0.2) is 12.1 Å². The first-order chi connectivity index (χ1) is 23.1. The summed E-state index contributed by atoms with van der Waals surface area (Å²) in [5, 5.41) is 10.7. The molecule has 0 spiro atoms. The quantitative estimate of drug-likeness (QED) is 0.0580.